The van der Waals surface area contributed by atoms with Gasteiger partial charge in [-0.2, -0.15) is 0 Å². The number of carbonyl (C=O) groups is 2. The summed E-state index contributed by atoms with van der Waals surface area (Å²) in [7, 11) is 1.61. The van der Waals surface area contributed by atoms with Crippen molar-refractivity contribution in [1.29, 1.82) is 0 Å². The fourth-order valence-electron chi connectivity index (χ4n) is 3.32. The van der Waals surface area contributed by atoms with Gasteiger partial charge < -0.3 is 23.7 Å². The molecule has 7 heteroatoms. The molecule has 3 rings (SSSR count). The highest BCUT2D eigenvalue weighted by Crippen LogP contribution is 2.42. The molecule has 25 heavy (non-hydrogen) atoms. The van der Waals surface area contributed by atoms with Gasteiger partial charge in [0.1, 0.15) is 17.6 Å². The number of methoxy groups -OCH3 is 1. The molecule has 0 bridgehead atoms. The first-order valence-electron chi connectivity index (χ1n) is 8.26. The lowest BCUT2D eigenvalue weighted by molar-refractivity contribution is -0.290. The van der Waals surface area contributed by atoms with Crippen molar-refractivity contribution in [3.05, 3.63) is 23.8 Å². The van der Waals surface area contributed by atoms with Gasteiger partial charge in [0.15, 0.2) is 6.10 Å². The zero-order valence-corrected chi connectivity index (χ0v) is 14.6. The summed E-state index contributed by atoms with van der Waals surface area (Å²) < 4.78 is 28.0. The second-order valence-corrected chi connectivity index (χ2v) is 6.26. The number of esters is 2. The topological polar surface area (TPSA) is 80.3 Å². The maximum absolute atomic E-state index is 11.5. The third-order valence-electron chi connectivity index (χ3n) is 4.42. The first-order valence-corrected chi connectivity index (χ1v) is 8.26. The number of hydrogen-bond donors (Lipinski definition) is 0. The van der Waals surface area contributed by atoms with E-state index in [1.165, 1.54) is 13.8 Å². The molecule has 0 aliphatic carbocycles. The fraction of sp³-hybridized carbons (Fsp3) is 0.556. The monoisotopic (exact) mass is 350 g/mol. The van der Waals surface area contributed by atoms with Crippen LogP contribution in [0, 0.1) is 0 Å². The first kappa shape index (κ1) is 17.5. The zero-order chi connectivity index (χ0) is 18.0. The summed E-state index contributed by atoms with van der Waals surface area (Å²) in [5, 5.41) is 0. The molecule has 7 nitrogen and oxygen atoms in total. The Morgan fingerprint density at radius 1 is 1.20 bits per heavy atom. The van der Waals surface area contributed by atoms with Gasteiger partial charge in [-0.1, -0.05) is 0 Å². The number of ether oxygens (including phenoxy) is 5. The van der Waals surface area contributed by atoms with Gasteiger partial charge in [-0.15, -0.1) is 0 Å². The number of carbonyl (C=O) groups excluding carboxylic acids is 2. The van der Waals surface area contributed by atoms with E-state index in [0.29, 0.717) is 25.0 Å². The van der Waals surface area contributed by atoms with Crippen molar-refractivity contribution >= 4 is 11.9 Å². The second-order valence-electron chi connectivity index (χ2n) is 6.26. The summed E-state index contributed by atoms with van der Waals surface area (Å²) in [5.41, 5.74) is 1.01. The van der Waals surface area contributed by atoms with E-state index in [4.69, 9.17) is 23.7 Å². The van der Waals surface area contributed by atoms with E-state index in [1.54, 1.807) is 7.11 Å². The van der Waals surface area contributed by atoms with Gasteiger partial charge in [0.05, 0.1) is 13.7 Å². The SMILES string of the molecule is COc1ccc2c(c1)CCC1(OCC(OC(C)=O)CC1OC(C)=O)O2. The Balaban J connectivity index is 1.83. The number of rotatable bonds is 3. The van der Waals surface area contributed by atoms with Crippen molar-refractivity contribution in [2.24, 2.45) is 0 Å². The van der Waals surface area contributed by atoms with Gasteiger partial charge in [-0.05, 0) is 30.2 Å². The first-order chi connectivity index (χ1) is 11.9. The number of aryl methyl sites for hydroxylation is 1. The molecular weight excluding hydrogens is 328 g/mol. The molecule has 0 saturated carbocycles. The Bertz CT molecular complexity index is 671. The van der Waals surface area contributed by atoms with Crippen molar-refractivity contribution < 1.29 is 33.3 Å². The molecule has 2 aliphatic rings. The Hall–Kier alpha value is -2.28. The van der Waals surface area contributed by atoms with Crippen LogP contribution in [0.4, 0.5) is 0 Å². The molecular formula is C18H22O7. The predicted molar refractivity (Wildman–Crippen MR) is 86.4 cm³/mol. The Morgan fingerprint density at radius 2 is 1.96 bits per heavy atom. The zero-order valence-electron chi connectivity index (χ0n) is 14.6. The summed E-state index contributed by atoms with van der Waals surface area (Å²) in [6.45, 7) is 2.87. The predicted octanol–water partition coefficient (Wildman–Crippen LogP) is 2.00. The second kappa shape index (κ2) is 6.92. The van der Waals surface area contributed by atoms with Crippen LogP contribution in [0.25, 0.3) is 0 Å². The van der Waals surface area contributed by atoms with Crippen LogP contribution in [-0.4, -0.2) is 43.7 Å². The van der Waals surface area contributed by atoms with Gasteiger partial charge in [0, 0.05) is 26.7 Å². The van der Waals surface area contributed by atoms with Crippen molar-refractivity contribution in [3.8, 4) is 11.5 Å². The smallest absolute Gasteiger partial charge is 0.303 e. The van der Waals surface area contributed by atoms with Crippen molar-refractivity contribution in [3.63, 3.8) is 0 Å². The summed E-state index contributed by atoms with van der Waals surface area (Å²) in [5.74, 6) is -0.456. The van der Waals surface area contributed by atoms with Crippen LogP contribution in [0.1, 0.15) is 32.3 Å². The standard InChI is InChI=1S/C18H22O7/c1-11(19)23-15-9-17(24-12(2)20)18(22-10-15)7-6-13-8-14(21-3)4-5-16(13)25-18/h4-5,8,15,17H,6-7,9-10H2,1-3H3. The highest BCUT2D eigenvalue weighted by atomic mass is 16.7. The normalized spacial score (nSPS) is 27.8. The number of fused-ring (bicyclic) bond motifs is 1. The van der Waals surface area contributed by atoms with Crippen molar-refractivity contribution in [2.45, 2.75) is 51.1 Å². The number of hydrogen-bond acceptors (Lipinski definition) is 7. The molecule has 0 N–H and O–H groups in total. The lowest BCUT2D eigenvalue weighted by Crippen LogP contribution is -2.59. The molecule has 3 atom stereocenters. The molecule has 1 aromatic rings. The van der Waals surface area contributed by atoms with Crippen LogP contribution < -0.4 is 9.47 Å². The Labute approximate surface area is 146 Å². The van der Waals surface area contributed by atoms with Crippen molar-refractivity contribution in [1.82, 2.24) is 0 Å². The van der Waals surface area contributed by atoms with Gasteiger partial charge in [0.2, 0.25) is 5.79 Å². The quantitative estimate of drug-likeness (QED) is 0.771. The lowest BCUT2D eigenvalue weighted by atomic mass is 9.90. The van der Waals surface area contributed by atoms with E-state index in [9.17, 15) is 9.59 Å². The van der Waals surface area contributed by atoms with Gasteiger partial charge >= 0.3 is 11.9 Å². The fourth-order valence-corrected chi connectivity index (χ4v) is 3.32. The minimum atomic E-state index is -1.07. The van der Waals surface area contributed by atoms with Crippen LogP contribution >= 0.6 is 0 Å². The third kappa shape index (κ3) is 3.71. The van der Waals surface area contributed by atoms with Gasteiger partial charge in [-0.25, -0.2) is 0 Å². The molecule has 0 radical (unpaired) electrons. The third-order valence-corrected chi connectivity index (χ3v) is 4.42. The molecule has 1 fully saturated rings. The summed E-state index contributed by atoms with van der Waals surface area (Å²) in [4.78, 5) is 22.7. The minimum absolute atomic E-state index is 0.197. The lowest BCUT2D eigenvalue weighted by Gasteiger charge is -2.46. The average molecular weight is 350 g/mol. The van der Waals surface area contributed by atoms with E-state index >= 15 is 0 Å². The summed E-state index contributed by atoms with van der Waals surface area (Å²) in [6, 6.07) is 5.55. The van der Waals surface area contributed by atoms with E-state index in [-0.39, 0.29) is 6.61 Å². The molecule has 3 unspecified atom stereocenters. The Kier molecular flexibility index (Phi) is 4.85. The molecule has 0 aromatic heterocycles. The van der Waals surface area contributed by atoms with Crippen LogP contribution in [0.5, 0.6) is 11.5 Å². The molecule has 1 aromatic carbocycles. The molecule has 2 aliphatic heterocycles. The van der Waals surface area contributed by atoms with Crippen molar-refractivity contribution in [2.75, 3.05) is 13.7 Å². The molecule has 1 spiro atoms. The van der Waals surface area contributed by atoms with Crippen LogP contribution in [0.3, 0.4) is 0 Å². The van der Waals surface area contributed by atoms with E-state index < -0.39 is 29.9 Å². The largest absolute Gasteiger partial charge is 0.497 e. The highest BCUT2D eigenvalue weighted by molar-refractivity contribution is 5.67. The van der Waals surface area contributed by atoms with E-state index in [0.717, 1.165) is 11.3 Å². The summed E-state index contributed by atoms with van der Waals surface area (Å²) >= 11 is 0. The highest BCUT2D eigenvalue weighted by Gasteiger charge is 2.52. The molecule has 136 valence electrons. The number of benzene rings is 1. The maximum Gasteiger partial charge on any atom is 0.303 e. The molecule has 2 heterocycles. The van der Waals surface area contributed by atoms with Crippen LogP contribution in [0.15, 0.2) is 18.2 Å². The minimum Gasteiger partial charge on any atom is -0.497 e. The maximum atomic E-state index is 11.5. The summed E-state index contributed by atoms with van der Waals surface area (Å²) in [6.07, 6.45) is 0.442. The van der Waals surface area contributed by atoms with Gasteiger partial charge in [0.25, 0.3) is 0 Å². The molecule has 1 saturated heterocycles. The van der Waals surface area contributed by atoms with Crippen LogP contribution in [-0.2, 0) is 30.2 Å². The average Bonchev–Trinajstić information content (AvgIpc) is 2.57. The van der Waals surface area contributed by atoms with Gasteiger partial charge in [-0.3, -0.25) is 9.59 Å². The molecule has 0 amide bonds. The van der Waals surface area contributed by atoms with Crippen LogP contribution in [0.2, 0.25) is 0 Å². The Morgan fingerprint density at radius 3 is 2.64 bits per heavy atom. The van der Waals surface area contributed by atoms with E-state index in [1.807, 2.05) is 18.2 Å². The van der Waals surface area contributed by atoms with E-state index in [2.05, 4.69) is 0 Å².